The molecule has 0 radical (unpaired) electrons. The summed E-state index contributed by atoms with van der Waals surface area (Å²) < 4.78 is 29.6. The number of hydrogen-bond donors (Lipinski definition) is 2. The van der Waals surface area contributed by atoms with Gasteiger partial charge in [-0.15, -0.1) is 0 Å². The molecule has 0 aromatic rings. The molecule has 0 saturated heterocycles. The van der Waals surface area contributed by atoms with Gasteiger partial charge in [-0.25, -0.2) is 0 Å². The zero-order chi connectivity index (χ0) is 10.8. The molecule has 3 N–H and O–H groups in total. The van der Waals surface area contributed by atoms with Crippen molar-refractivity contribution in [2.75, 3.05) is 0 Å². The van der Waals surface area contributed by atoms with Crippen molar-refractivity contribution < 1.29 is 17.8 Å². The van der Waals surface area contributed by atoms with Gasteiger partial charge in [0.2, 0.25) is 0 Å². The predicted molar refractivity (Wildman–Crippen MR) is 48.5 cm³/mol. The SMILES string of the molecule is C=C(C)C(=O)C(C)C(N)S(=O)(=O)O. The Morgan fingerprint density at radius 1 is 1.54 bits per heavy atom. The van der Waals surface area contributed by atoms with Crippen LogP contribution in [0.3, 0.4) is 0 Å². The molecule has 0 rings (SSSR count). The molecule has 2 unspecified atom stereocenters. The van der Waals surface area contributed by atoms with E-state index in [1.807, 2.05) is 0 Å². The topological polar surface area (TPSA) is 97.5 Å². The van der Waals surface area contributed by atoms with Crippen LogP contribution >= 0.6 is 0 Å². The second-order valence-electron chi connectivity index (χ2n) is 2.91. The van der Waals surface area contributed by atoms with Crippen molar-refractivity contribution in [2.45, 2.75) is 19.2 Å². The third-order valence-electron chi connectivity index (χ3n) is 1.67. The van der Waals surface area contributed by atoms with Crippen molar-refractivity contribution in [3.05, 3.63) is 12.2 Å². The average Bonchev–Trinajstić information content (AvgIpc) is 1.98. The summed E-state index contributed by atoms with van der Waals surface area (Å²) in [6, 6.07) is 0. The van der Waals surface area contributed by atoms with E-state index in [-0.39, 0.29) is 5.57 Å². The first-order valence-electron chi connectivity index (χ1n) is 3.59. The van der Waals surface area contributed by atoms with Crippen LogP contribution in [0.1, 0.15) is 13.8 Å². The van der Waals surface area contributed by atoms with E-state index in [2.05, 4.69) is 6.58 Å². The van der Waals surface area contributed by atoms with E-state index in [1.54, 1.807) is 0 Å². The van der Waals surface area contributed by atoms with Gasteiger partial charge in [0, 0.05) is 0 Å². The van der Waals surface area contributed by atoms with E-state index in [0.717, 1.165) is 0 Å². The lowest BCUT2D eigenvalue weighted by atomic mass is 10.0. The Bertz CT molecular complexity index is 319. The molecule has 6 heteroatoms. The van der Waals surface area contributed by atoms with Gasteiger partial charge in [0.15, 0.2) is 5.78 Å². The Hall–Kier alpha value is -0.720. The summed E-state index contributed by atoms with van der Waals surface area (Å²) in [7, 11) is -4.36. The fourth-order valence-corrected chi connectivity index (χ4v) is 1.44. The zero-order valence-electron chi connectivity index (χ0n) is 7.52. The van der Waals surface area contributed by atoms with Crippen LogP contribution < -0.4 is 5.73 Å². The van der Waals surface area contributed by atoms with Gasteiger partial charge < -0.3 is 5.73 Å². The van der Waals surface area contributed by atoms with Crippen molar-refractivity contribution in [2.24, 2.45) is 11.7 Å². The van der Waals surface area contributed by atoms with Crippen LogP contribution in [0.4, 0.5) is 0 Å². The van der Waals surface area contributed by atoms with Crippen LogP contribution in [0.25, 0.3) is 0 Å². The fraction of sp³-hybridized carbons (Fsp3) is 0.571. The highest BCUT2D eigenvalue weighted by molar-refractivity contribution is 7.86. The van der Waals surface area contributed by atoms with Crippen molar-refractivity contribution in [3.8, 4) is 0 Å². The van der Waals surface area contributed by atoms with Crippen LogP contribution in [0, 0.1) is 5.92 Å². The summed E-state index contributed by atoms with van der Waals surface area (Å²) in [6.07, 6.45) is 0. The van der Waals surface area contributed by atoms with Crippen molar-refractivity contribution in [1.29, 1.82) is 0 Å². The van der Waals surface area contributed by atoms with Crippen LogP contribution in [0.15, 0.2) is 12.2 Å². The van der Waals surface area contributed by atoms with Crippen molar-refractivity contribution in [3.63, 3.8) is 0 Å². The third kappa shape index (κ3) is 3.25. The van der Waals surface area contributed by atoms with Gasteiger partial charge in [0.05, 0.1) is 5.92 Å². The van der Waals surface area contributed by atoms with Crippen molar-refractivity contribution in [1.82, 2.24) is 0 Å². The van der Waals surface area contributed by atoms with E-state index in [4.69, 9.17) is 10.3 Å². The van der Waals surface area contributed by atoms with Crippen LogP contribution in [-0.4, -0.2) is 24.1 Å². The van der Waals surface area contributed by atoms with Crippen LogP contribution in [-0.2, 0) is 14.9 Å². The molecule has 76 valence electrons. The maximum Gasteiger partial charge on any atom is 0.281 e. The smallest absolute Gasteiger partial charge is 0.281 e. The number of nitrogens with two attached hydrogens (primary N) is 1. The average molecular weight is 207 g/mol. The number of Topliss-reactive ketones (excluding diaryl/α,β-unsaturated/α-hetero) is 1. The molecule has 0 aromatic heterocycles. The van der Waals surface area contributed by atoms with E-state index < -0.39 is 27.2 Å². The van der Waals surface area contributed by atoms with Crippen molar-refractivity contribution >= 4 is 15.9 Å². The Morgan fingerprint density at radius 3 is 2.15 bits per heavy atom. The molecule has 5 nitrogen and oxygen atoms in total. The van der Waals surface area contributed by atoms with Gasteiger partial charge in [-0.3, -0.25) is 9.35 Å². The maximum absolute atomic E-state index is 11.2. The van der Waals surface area contributed by atoms with Crippen LogP contribution in [0.5, 0.6) is 0 Å². The van der Waals surface area contributed by atoms with E-state index in [9.17, 15) is 13.2 Å². The number of ketones is 1. The van der Waals surface area contributed by atoms with E-state index >= 15 is 0 Å². The van der Waals surface area contributed by atoms with Gasteiger partial charge in [-0.05, 0) is 12.5 Å². The Morgan fingerprint density at radius 2 is 1.92 bits per heavy atom. The standard InChI is InChI=1S/C7H13NO4S/c1-4(2)6(9)5(3)7(8)13(10,11)12/h5,7H,1,8H2,2-3H3,(H,10,11,12). The quantitative estimate of drug-likeness (QED) is 0.497. The highest BCUT2D eigenvalue weighted by Crippen LogP contribution is 2.11. The number of carbonyl (C=O) groups is 1. The monoisotopic (exact) mass is 207 g/mol. The molecule has 0 fully saturated rings. The third-order valence-corrected chi connectivity index (χ3v) is 2.77. The minimum absolute atomic E-state index is 0.214. The highest BCUT2D eigenvalue weighted by Gasteiger charge is 2.30. The van der Waals surface area contributed by atoms with Crippen LogP contribution in [0.2, 0.25) is 0 Å². The largest absolute Gasteiger partial charge is 0.313 e. The zero-order valence-corrected chi connectivity index (χ0v) is 8.34. The number of carbonyl (C=O) groups excluding carboxylic acids is 1. The number of hydrogen-bond acceptors (Lipinski definition) is 4. The van der Waals surface area contributed by atoms with Gasteiger partial charge >= 0.3 is 0 Å². The normalized spacial score (nSPS) is 16.3. The van der Waals surface area contributed by atoms with Gasteiger partial charge in [0.25, 0.3) is 10.1 Å². The Balaban J connectivity index is 4.73. The first-order valence-corrected chi connectivity index (χ1v) is 5.10. The van der Waals surface area contributed by atoms with E-state index in [0.29, 0.717) is 0 Å². The molecule has 13 heavy (non-hydrogen) atoms. The molecule has 0 heterocycles. The minimum Gasteiger partial charge on any atom is -0.313 e. The summed E-state index contributed by atoms with van der Waals surface area (Å²) in [5, 5.41) is -1.59. The molecule has 0 amide bonds. The Kier molecular flexibility index (Phi) is 3.77. The highest BCUT2D eigenvalue weighted by atomic mass is 32.2. The van der Waals surface area contributed by atoms with Gasteiger partial charge in [-0.2, -0.15) is 8.42 Å². The summed E-state index contributed by atoms with van der Waals surface area (Å²) in [5.41, 5.74) is 5.35. The summed E-state index contributed by atoms with van der Waals surface area (Å²) in [4.78, 5) is 11.2. The van der Waals surface area contributed by atoms with Gasteiger partial charge in [0.1, 0.15) is 5.37 Å². The molecular weight excluding hydrogens is 194 g/mol. The summed E-state index contributed by atoms with van der Waals surface area (Å²) >= 11 is 0. The summed E-state index contributed by atoms with van der Waals surface area (Å²) in [6.45, 7) is 6.14. The van der Waals surface area contributed by atoms with E-state index in [1.165, 1.54) is 13.8 Å². The summed E-state index contributed by atoms with van der Waals surface area (Å²) in [5.74, 6) is -1.45. The molecule has 0 aliphatic rings. The lowest BCUT2D eigenvalue weighted by molar-refractivity contribution is -0.118. The van der Waals surface area contributed by atoms with Gasteiger partial charge in [-0.1, -0.05) is 13.5 Å². The predicted octanol–water partition coefficient (Wildman–Crippen LogP) is -0.0597. The Labute approximate surface area is 77.4 Å². The molecule has 0 aliphatic carbocycles. The number of allylic oxidation sites excluding steroid dienone is 1. The second-order valence-corrected chi connectivity index (χ2v) is 4.49. The maximum atomic E-state index is 11.2. The molecule has 0 aromatic carbocycles. The first-order chi connectivity index (χ1) is 5.68. The molecular formula is C7H13NO4S. The molecule has 0 saturated carbocycles. The fourth-order valence-electron chi connectivity index (χ4n) is 0.796. The molecule has 0 aliphatic heterocycles. The molecule has 0 bridgehead atoms. The minimum atomic E-state index is -4.36. The molecule has 2 atom stereocenters. The molecule has 0 spiro atoms. The lowest BCUT2D eigenvalue weighted by Crippen LogP contribution is -2.40. The second kappa shape index (κ2) is 3.99. The number of rotatable bonds is 4. The lowest BCUT2D eigenvalue weighted by Gasteiger charge is -2.15. The first kappa shape index (κ1) is 12.3.